The summed E-state index contributed by atoms with van der Waals surface area (Å²) in [6, 6.07) is 9.15. The Hall–Kier alpha value is -2.98. The van der Waals surface area contributed by atoms with Crippen molar-refractivity contribution in [1.29, 1.82) is 0 Å². The summed E-state index contributed by atoms with van der Waals surface area (Å²) in [5.41, 5.74) is 1.40. The molecule has 0 radical (unpaired) electrons. The molecule has 0 bridgehead atoms. The summed E-state index contributed by atoms with van der Waals surface area (Å²) < 4.78 is 24.5. The first kappa shape index (κ1) is 17.4. The van der Waals surface area contributed by atoms with Gasteiger partial charge in [0.05, 0.1) is 15.4 Å². The fourth-order valence-electron chi connectivity index (χ4n) is 1.99. The Morgan fingerprint density at radius 1 is 1.17 bits per heavy atom. The molecule has 126 valence electrons. The van der Waals surface area contributed by atoms with Crippen molar-refractivity contribution in [2.75, 3.05) is 0 Å². The SMILES string of the molecule is Cc1c([N+](=O)[O-])cccc1S(=O)(=O)NNC(=O)c1ccccc1O. The van der Waals surface area contributed by atoms with Crippen molar-refractivity contribution >= 4 is 21.6 Å². The molecule has 0 spiro atoms. The van der Waals surface area contributed by atoms with E-state index in [4.69, 9.17) is 0 Å². The van der Waals surface area contributed by atoms with Gasteiger partial charge in [-0.05, 0) is 25.1 Å². The Morgan fingerprint density at radius 3 is 2.46 bits per heavy atom. The van der Waals surface area contributed by atoms with Crippen LogP contribution in [0.15, 0.2) is 47.4 Å². The molecule has 2 rings (SSSR count). The van der Waals surface area contributed by atoms with Crippen LogP contribution in [-0.2, 0) is 10.0 Å². The van der Waals surface area contributed by atoms with E-state index in [1.807, 2.05) is 10.3 Å². The van der Waals surface area contributed by atoms with Crippen molar-refractivity contribution in [3.63, 3.8) is 0 Å². The van der Waals surface area contributed by atoms with Gasteiger partial charge in [0, 0.05) is 11.6 Å². The molecule has 0 aliphatic rings. The number of benzene rings is 2. The van der Waals surface area contributed by atoms with E-state index in [1.165, 1.54) is 49.4 Å². The molecular formula is C14H13N3O6S. The third-order valence-corrected chi connectivity index (χ3v) is 4.58. The van der Waals surface area contributed by atoms with Crippen molar-refractivity contribution in [3.8, 4) is 5.75 Å². The fraction of sp³-hybridized carbons (Fsp3) is 0.0714. The summed E-state index contributed by atoms with van der Waals surface area (Å²) in [5, 5.41) is 20.4. The number of hydrazine groups is 1. The number of nitro benzene ring substituents is 1. The van der Waals surface area contributed by atoms with Crippen molar-refractivity contribution < 1.29 is 23.2 Å². The summed E-state index contributed by atoms with van der Waals surface area (Å²) in [5.74, 6) is -1.19. The molecule has 0 saturated heterocycles. The van der Waals surface area contributed by atoms with Gasteiger partial charge in [-0.1, -0.05) is 18.2 Å². The lowest BCUT2D eigenvalue weighted by atomic mass is 10.2. The van der Waals surface area contributed by atoms with Crippen LogP contribution in [0.3, 0.4) is 0 Å². The molecule has 3 N–H and O–H groups in total. The summed E-state index contributed by atoms with van der Waals surface area (Å²) in [7, 11) is -4.23. The lowest BCUT2D eigenvalue weighted by Crippen LogP contribution is -2.41. The van der Waals surface area contributed by atoms with Crippen LogP contribution in [0.1, 0.15) is 15.9 Å². The van der Waals surface area contributed by atoms with Crippen molar-refractivity contribution in [3.05, 3.63) is 63.7 Å². The molecule has 1 amide bonds. The van der Waals surface area contributed by atoms with Gasteiger partial charge >= 0.3 is 0 Å². The van der Waals surface area contributed by atoms with Crippen LogP contribution in [0.2, 0.25) is 0 Å². The number of hydrogen-bond donors (Lipinski definition) is 3. The van der Waals surface area contributed by atoms with E-state index in [0.717, 1.165) is 0 Å². The number of nitro groups is 1. The quantitative estimate of drug-likeness (QED) is 0.547. The van der Waals surface area contributed by atoms with Gasteiger partial charge in [0.2, 0.25) is 0 Å². The van der Waals surface area contributed by atoms with Gasteiger partial charge in [0.1, 0.15) is 5.75 Å². The van der Waals surface area contributed by atoms with Gasteiger partial charge < -0.3 is 5.11 Å². The van der Waals surface area contributed by atoms with Crippen LogP contribution in [0.5, 0.6) is 5.75 Å². The maximum atomic E-state index is 12.2. The third kappa shape index (κ3) is 3.50. The zero-order chi connectivity index (χ0) is 17.9. The molecule has 0 aromatic heterocycles. The van der Waals surface area contributed by atoms with E-state index in [-0.39, 0.29) is 27.5 Å². The highest BCUT2D eigenvalue weighted by Crippen LogP contribution is 2.24. The van der Waals surface area contributed by atoms with E-state index >= 15 is 0 Å². The third-order valence-electron chi connectivity index (χ3n) is 3.19. The van der Waals surface area contributed by atoms with Crippen LogP contribution in [-0.4, -0.2) is 24.4 Å². The standard InChI is InChI=1S/C14H13N3O6S/c1-9-11(17(20)21)6-4-8-13(9)24(22,23)16-15-14(19)10-5-2-3-7-12(10)18/h2-8,16,18H,1H3,(H,15,19). The maximum Gasteiger partial charge on any atom is 0.273 e. The number of aromatic hydroxyl groups is 1. The predicted octanol–water partition coefficient (Wildman–Crippen LogP) is 1.23. The average Bonchev–Trinajstić information content (AvgIpc) is 2.53. The predicted molar refractivity (Wildman–Crippen MR) is 83.7 cm³/mol. The zero-order valence-electron chi connectivity index (χ0n) is 12.4. The second-order valence-electron chi connectivity index (χ2n) is 4.73. The van der Waals surface area contributed by atoms with Crippen LogP contribution < -0.4 is 10.3 Å². The number of phenols is 1. The van der Waals surface area contributed by atoms with Crippen molar-refractivity contribution in [2.24, 2.45) is 0 Å². The zero-order valence-corrected chi connectivity index (χ0v) is 13.2. The molecular weight excluding hydrogens is 338 g/mol. The number of rotatable bonds is 5. The van der Waals surface area contributed by atoms with Gasteiger partial charge in [0.15, 0.2) is 0 Å². The fourth-order valence-corrected chi connectivity index (χ4v) is 3.10. The molecule has 9 nitrogen and oxygen atoms in total. The van der Waals surface area contributed by atoms with Crippen LogP contribution in [0.4, 0.5) is 5.69 Å². The summed E-state index contributed by atoms with van der Waals surface area (Å²) >= 11 is 0. The molecule has 0 fully saturated rings. The molecule has 2 aromatic carbocycles. The van der Waals surface area contributed by atoms with E-state index in [0.29, 0.717) is 0 Å². The highest BCUT2D eigenvalue weighted by Gasteiger charge is 2.23. The number of nitrogens with one attached hydrogen (secondary N) is 2. The Balaban J connectivity index is 2.24. The van der Waals surface area contributed by atoms with E-state index in [2.05, 4.69) is 0 Å². The Kier molecular flexibility index (Phi) is 4.81. The largest absolute Gasteiger partial charge is 0.507 e. The van der Waals surface area contributed by atoms with E-state index in [9.17, 15) is 28.4 Å². The van der Waals surface area contributed by atoms with Gasteiger partial charge in [-0.3, -0.25) is 20.3 Å². The van der Waals surface area contributed by atoms with E-state index in [1.54, 1.807) is 0 Å². The van der Waals surface area contributed by atoms with Gasteiger partial charge in [-0.25, -0.2) is 8.42 Å². The van der Waals surface area contributed by atoms with Gasteiger partial charge in [-0.2, -0.15) is 0 Å². The molecule has 24 heavy (non-hydrogen) atoms. The van der Waals surface area contributed by atoms with Crippen LogP contribution >= 0.6 is 0 Å². The minimum atomic E-state index is -4.23. The summed E-state index contributed by atoms with van der Waals surface area (Å²) in [6.07, 6.45) is 0. The van der Waals surface area contributed by atoms with Crippen LogP contribution in [0.25, 0.3) is 0 Å². The minimum absolute atomic E-state index is 0.0631. The molecule has 10 heteroatoms. The molecule has 0 saturated carbocycles. The van der Waals surface area contributed by atoms with E-state index < -0.39 is 20.9 Å². The highest BCUT2D eigenvalue weighted by atomic mass is 32.2. The molecule has 0 aliphatic carbocycles. The van der Waals surface area contributed by atoms with Gasteiger partial charge in [0.25, 0.3) is 21.6 Å². The number of carbonyl (C=O) groups is 1. The number of nitrogens with zero attached hydrogens (tertiary/aromatic N) is 1. The highest BCUT2D eigenvalue weighted by molar-refractivity contribution is 7.89. The monoisotopic (exact) mass is 351 g/mol. The lowest BCUT2D eigenvalue weighted by molar-refractivity contribution is -0.385. The Morgan fingerprint density at radius 2 is 1.83 bits per heavy atom. The summed E-state index contributed by atoms with van der Waals surface area (Å²) in [4.78, 5) is 23.6. The normalized spacial score (nSPS) is 11.0. The van der Waals surface area contributed by atoms with Crippen molar-refractivity contribution in [1.82, 2.24) is 10.3 Å². The first-order valence-electron chi connectivity index (χ1n) is 6.58. The van der Waals surface area contributed by atoms with Gasteiger partial charge in [-0.15, -0.1) is 4.83 Å². The smallest absolute Gasteiger partial charge is 0.273 e. The number of amides is 1. The molecule has 0 heterocycles. The molecule has 0 atom stereocenters. The second kappa shape index (κ2) is 6.64. The Labute approximate surface area is 137 Å². The van der Waals surface area contributed by atoms with Crippen molar-refractivity contribution in [2.45, 2.75) is 11.8 Å². The maximum absolute atomic E-state index is 12.2. The first-order valence-corrected chi connectivity index (χ1v) is 8.06. The van der Waals surface area contributed by atoms with Crippen LogP contribution in [0, 0.1) is 17.0 Å². The number of carbonyl (C=O) groups excluding carboxylic acids is 1. The minimum Gasteiger partial charge on any atom is -0.507 e. The number of sulfonamides is 1. The number of phenolic OH excluding ortho intramolecular Hbond substituents is 1. The molecule has 0 aliphatic heterocycles. The second-order valence-corrected chi connectivity index (χ2v) is 6.38. The lowest BCUT2D eigenvalue weighted by Gasteiger charge is -2.11. The first-order chi connectivity index (χ1) is 11.2. The molecule has 0 unspecified atom stereocenters. The topological polar surface area (TPSA) is 139 Å². The number of hydrogen-bond acceptors (Lipinski definition) is 6. The summed E-state index contributed by atoms with van der Waals surface area (Å²) in [6.45, 7) is 1.29. The molecule has 2 aromatic rings. The average molecular weight is 351 g/mol. The Bertz CT molecular complexity index is 910. The number of para-hydroxylation sites is 1.